The molecule has 0 aliphatic carbocycles. The number of quaternary nitrogens is 1. The zero-order valence-electron chi connectivity index (χ0n) is 9.52. The SMILES string of the molecule is c1ccc2cc([C@@H]3CCCC[NH2+]3)ccc2c1. The molecule has 1 saturated heterocycles. The van der Waals surface area contributed by atoms with Gasteiger partial charge in [0.15, 0.2) is 0 Å². The fourth-order valence-corrected chi connectivity index (χ4v) is 2.69. The van der Waals surface area contributed by atoms with E-state index >= 15 is 0 Å². The second-order valence-corrected chi connectivity index (χ2v) is 4.73. The molecular formula is C15H18N+. The van der Waals surface area contributed by atoms with Crippen molar-refractivity contribution in [3.05, 3.63) is 48.0 Å². The Morgan fingerprint density at radius 3 is 2.62 bits per heavy atom. The molecule has 1 fully saturated rings. The van der Waals surface area contributed by atoms with Crippen LogP contribution in [0.25, 0.3) is 10.8 Å². The Morgan fingerprint density at radius 2 is 1.81 bits per heavy atom. The van der Waals surface area contributed by atoms with Crippen molar-refractivity contribution in [3.8, 4) is 0 Å². The van der Waals surface area contributed by atoms with Crippen molar-refractivity contribution in [2.24, 2.45) is 0 Å². The van der Waals surface area contributed by atoms with Crippen molar-refractivity contribution in [2.45, 2.75) is 25.3 Å². The molecule has 0 spiro atoms. The van der Waals surface area contributed by atoms with Gasteiger partial charge in [-0.15, -0.1) is 0 Å². The topological polar surface area (TPSA) is 16.6 Å². The standard InChI is InChI=1S/C15H17N/c1-2-6-13-11-14(9-8-12(13)5-1)15-7-3-4-10-16-15/h1-2,5-6,8-9,11,15-16H,3-4,7,10H2/p+1/t15-/m0/s1. The largest absolute Gasteiger partial charge is 0.340 e. The molecule has 2 aromatic carbocycles. The van der Waals surface area contributed by atoms with Crippen LogP contribution in [0.2, 0.25) is 0 Å². The minimum atomic E-state index is 0.693. The quantitative estimate of drug-likeness (QED) is 0.748. The van der Waals surface area contributed by atoms with Gasteiger partial charge in [0.05, 0.1) is 6.54 Å². The molecule has 2 N–H and O–H groups in total. The Hall–Kier alpha value is -1.34. The maximum atomic E-state index is 2.49. The number of hydrogen-bond acceptors (Lipinski definition) is 0. The molecule has 1 atom stereocenters. The minimum absolute atomic E-state index is 0.693. The first-order valence-electron chi connectivity index (χ1n) is 6.25. The lowest BCUT2D eigenvalue weighted by Gasteiger charge is -2.20. The van der Waals surface area contributed by atoms with Crippen molar-refractivity contribution >= 4 is 10.8 Å². The summed E-state index contributed by atoms with van der Waals surface area (Å²) in [5, 5.41) is 5.22. The molecule has 0 saturated carbocycles. The molecule has 82 valence electrons. The third-order valence-electron chi connectivity index (χ3n) is 3.62. The van der Waals surface area contributed by atoms with Gasteiger partial charge in [-0.25, -0.2) is 0 Å². The van der Waals surface area contributed by atoms with E-state index in [2.05, 4.69) is 47.8 Å². The lowest BCUT2D eigenvalue weighted by molar-refractivity contribution is -0.704. The van der Waals surface area contributed by atoms with Crippen LogP contribution in [0.15, 0.2) is 42.5 Å². The zero-order valence-corrected chi connectivity index (χ0v) is 9.52. The van der Waals surface area contributed by atoms with Crippen LogP contribution in [-0.4, -0.2) is 6.54 Å². The molecule has 1 aliphatic heterocycles. The van der Waals surface area contributed by atoms with E-state index in [9.17, 15) is 0 Å². The Bertz CT molecular complexity index is 484. The first-order valence-corrected chi connectivity index (χ1v) is 6.25. The van der Waals surface area contributed by atoms with Crippen LogP contribution in [0, 0.1) is 0 Å². The summed E-state index contributed by atoms with van der Waals surface area (Å²) in [6.07, 6.45) is 4.09. The van der Waals surface area contributed by atoms with E-state index in [0.717, 1.165) is 0 Å². The average molecular weight is 212 g/mol. The van der Waals surface area contributed by atoms with Gasteiger partial charge in [-0.3, -0.25) is 0 Å². The second kappa shape index (κ2) is 4.26. The van der Waals surface area contributed by atoms with E-state index in [1.807, 2.05) is 0 Å². The summed E-state index contributed by atoms with van der Waals surface area (Å²) in [7, 11) is 0. The number of nitrogens with two attached hydrogens (primary N) is 1. The van der Waals surface area contributed by atoms with E-state index in [4.69, 9.17) is 0 Å². The molecule has 1 heterocycles. The highest BCUT2D eigenvalue weighted by Crippen LogP contribution is 2.22. The minimum Gasteiger partial charge on any atom is -0.340 e. The van der Waals surface area contributed by atoms with Crippen molar-refractivity contribution in [1.29, 1.82) is 0 Å². The monoisotopic (exact) mass is 212 g/mol. The number of hydrogen-bond donors (Lipinski definition) is 1. The Kier molecular flexibility index (Phi) is 2.63. The van der Waals surface area contributed by atoms with E-state index in [0.29, 0.717) is 6.04 Å². The predicted molar refractivity (Wildman–Crippen MR) is 67.3 cm³/mol. The fourth-order valence-electron chi connectivity index (χ4n) is 2.69. The highest BCUT2D eigenvalue weighted by molar-refractivity contribution is 5.83. The predicted octanol–water partition coefficient (Wildman–Crippen LogP) is 2.63. The first-order chi connectivity index (χ1) is 7.93. The van der Waals surface area contributed by atoms with E-state index in [1.54, 1.807) is 0 Å². The van der Waals surface area contributed by atoms with E-state index in [1.165, 1.54) is 42.1 Å². The Balaban J connectivity index is 1.97. The average Bonchev–Trinajstić information content (AvgIpc) is 2.39. The van der Waals surface area contributed by atoms with Crippen LogP contribution in [0.3, 0.4) is 0 Å². The second-order valence-electron chi connectivity index (χ2n) is 4.73. The first kappa shape index (κ1) is 9.86. The molecule has 16 heavy (non-hydrogen) atoms. The molecule has 2 aromatic rings. The summed E-state index contributed by atoms with van der Waals surface area (Å²) in [5.41, 5.74) is 1.50. The summed E-state index contributed by atoms with van der Waals surface area (Å²) in [4.78, 5) is 0. The van der Waals surface area contributed by atoms with E-state index in [-0.39, 0.29) is 0 Å². The number of fused-ring (bicyclic) bond motifs is 1. The van der Waals surface area contributed by atoms with Crippen LogP contribution in [-0.2, 0) is 0 Å². The highest BCUT2D eigenvalue weighted by atomic mass is 14.9. The lowest BCUT2D eigenvalue weighted by Crippen LogP contribution is -2.86. The van der Waals surface area contributed by atoms with Crippen LogP contribution in [0.4, 0.5) is 0 Å². The van der Waals surface area contributed by atoms with Gasteiger partial charge in [0.1, 0.15) is 6.04 Å². The summed E-state index contributed by atoms with van der Waals surface area (Å²) >= 11 is 0. The van der Waals surface area contributed by atoms with Crippen molar-refractivity contribution < 1.29 is 5.32 Å². The van der Waals surface area contributed by atoms with Crippen LogP contribution in [0.1, 0.15) is 30.9 Å². The Morgan fingerprint density at radius 1 is 0.938 bits per heavy atom. The van der Waals surface area contributed by atoms with Gasteiger partial charge in [0.2, 0.25) is 0 Å². The number of piperidine rings is 1. The Labute approximate surface area is 96.5 Å². The van der Waals surface area contributed by atoms with Gasteiger partial charge in [0.25, 0.3) is 0 Å². The molecule has 1 aliphatic rings. The molecule has 0 unspecified atom stereocenters. The van der Waals surface area contributed by atoms with Gasteiger partial charge in [-0.2, -0.15) is 0 Å². The molecule has 1 heteroatoms. The molecule has 3 rings (SSSR count). The van der Waals surface area contributed by atoms with Crippen LogP contribution in [0.5, 0.6) is 0 Å². The summed E-state index contributed by atoms with van der Waals surface area (Å²) in [6.45, 7) is 1.29. The van der Waals surface area contributed by atoms with Crippen LogP contribution >= 0.6 is 0 Å². The van der Waals surface area contributed by atoms with Gasteiger partial charge < -0.3 is 5.32 Å². The zero-order chi connectivity index (χ0) is 10.8. The molecule has 0 amide bonds. The maximum Gasteiger partial charge on any atom is 0.112 e. The third kappa shape index (κ3) is 1.83. The molecular weight excluding hydrogens is 194 g/mol. The number of rotatable bonds is 1. The molecule has 0 radical (unpaired) electrons. The van der Waals surface area contributed by atoms with Crippen molar-refractivity contribution in [1.82, 2.24) is 0 Å². The van der Waals surface area contributed by atoms with Gasteiger partial charge in [0, 0.05) is 12.0 Å². The smallest absolute Gasteiger partial charge is 0.112 e. The summed E-state index contributed by atoms with van der Waals surface area (Å²) in [5.74, 6) is 0. The molecule has 0 aromatic heterocycles. The van der Waals surface area contributed by atoms with Crippen molar-refractivity contribution in [3.63, 3.8) is 0 Å². The van der Waals surface area contributed by atoms with Crippen LogP contribution < -0.4 is 5.32 Å². The van der Waals surface area contributed by atoms with Gasteiger partial charge in [-0.1, -0.05) is 36.4 Å². The molecule has 0 bridgehead atoms. The van der Waals surface area contributed by atoms with Gasteiger partial charge in [-0.05, 0) is 29.7 Å². The number of benzene rings is 2. The van der Waals surface area contributed by atoms with E-state index < -0.39 is 0 Å². The molecule has 1 nitrogen and oxygen atoms in total. The van der Waals surface area contributed by atoms with Gasteiger partial charge >= 0.3 is 0 Å². The third-order valence-corrected chi connectivity index (χ3v) is 3.62. The summed E-state index contributed by atoms with van der Waals surface area (Å²) in [6, 6.07) is 16.2. The van der Waals surface area contributed by atoms with Crippen molar-refractivity contribution in [2.75, 3.05) is 6.54 Å². The summed E-state index contributed by atoms with van der Waals surface area (Å²) < 4.78 is 0. The maximum absolute atomic E-state index is 2.49. The lowest BCUT2D eigenvalue weighted by atomic mass is 9.95. The normalized spacial score (nSPS) is 21.1. The highest BCUT2D eigenvalue weighted by Gasteiger charge is 2.18. The fraction of sp³-hybridized carbons (Fsp3) is 0.333.